The summed E-state index contributed by atoms with van der Waals surface area (Å²) in [5.74, 6) is -0.102. The van der Waals surface area contributed by atoms with Crippen LogP contribution < -0.4 is 10.1 Å². The van der Waals surface area contributed by atoms with Gasteiger partial charge in [0.15, 0.2) is 6.61 Å². The molecule has 3 rings (SSSR count). The summed E-state index contributed by atoms with van der Waals surface area (Å²) in [6.45, 7) is 1.88. The van der Waals surface area contributed by atoms with Crippen molar-refractivity contribution in [2.75, 3.05) is 38.2 Å². The maximum absolute atomic E-state index is 12.7. The molecule has 0 saturated carbocycles. The second-order valence-electron chi connectivity index (χ2n) is 5.86. The summed E-state index contributed by atoms with van der Waals surface area (Å²) in [6, 6.07) is 12.0. The van der Waals surface area contributed by atoms with Gasteiger partial charge in [-0.25, -0.2) is 0 Å². The molecule has 1 aliphatic rings. The minimum atomic E-state index is -0.379. The lowest BCUT2D eigenvalue weighted by Crippen LogP contribution is -2.41. The lowest BCUT2D eigenvalue weighted by molar-refractivity contribution is -0.118. The van der Waals surface area contributed by atoms with Crippen LogP contribution in [0.15, 0.2) is 46.9 Å². The van der Waals surface area contributed by atoms with E-state index in [0.717, 1.165) is 4.47 Å². The van der Waals surface area contributed by atoms with E-state index in [2.05, 4.69) is 21.2 Å². The van der Waals surface area contributed by atoms with Crippen LogP contribution in [-0.4, -0.2) is 49.6 Å². The van der Waals surface area contributed by atoms with Crippen molar-refractivity contribution in [1.82, 2.24) is 4.90 Å². The quantitative estimate of drug-likeness (QED) is 0.751. The predicted octanol–water partition coefficient (Wildman–Crippen LogP) is 3.59. The van der Waals surface area contributed by atoms with Gasteiger partial charge in [-0.3, -0.25) is 9.59 Å². The van der Waals surface area contributed by atoms with Gasteiger partial charge in [0.25, 0.3) is 11.8 Å². The summed E-state index contributed by atoms with van der Waals surface area (Å²) >= 11 is 9.39. The van der Waals surface area contributed by atoms with Crippen molar-refractivity contribution in [3.8, 4) is 5.75 Å². The number of carbonyl (C=O) groups excluding carboxylic acids is 2. The van der Waals surface area contributed by atoms with Crippen LogP contribution in [-0.2, 0) is 9.53 Å². The Morgan fingerprint density at radius 3 is 2.67 bits per heavy atom. The summed E-state index contributed by atoms with van der Waals surface area (Å²) in [6.07, 6.45) is 0. The summed E-state index contributed by atoms with van der Waals surface area (Å²) < 4.78 is 11.6. The van der Waals surface area contributed by atoms with Gasteiger partial charge in [0.1, 0.15) is 5.75 Å². The molecule has 2 amide bonds. The second-order valence-corrected chi connectivity index (χ2v) is 7.18. The lowest BCUT2D eigenvalue weighted by Gasteiger charge is -2.27. The molecule has 6 nitrogen and oxygen atoms in total. The van der Waals surface area contributed by atoms with Crippen LogP contribution in [0.4, 0.5) is 5.69 Å². The Labute approximate surface area is 170 Å². The van der Waals surface area contributed by atoms with Gasteiger partial charge in [0.05, 0.1) is 29.5 Å². The van der Waals surface area contributed by atoms with Gasteiger partial charge < -0.3 is 19.7 Å². The maximum Gasteiger partial charge on any atom is 0.262 e. The number of amides is 2. The third-order valence-corrected chi connectivity index (χ3v) is 4.77. The van der Waals surface area contributed by atoms with Gasteiger partial charge in [-0.2, -0.15) is 0 Å². The van der Waals surface area contributed by atoms with Crippen molar-refractivity contribution in [3.63, 3.8) is 0 Å². The first-order chi connectivity index (χ1) is 13.0. The SMILES string of the molecule is O=C(COc1ccc(Br)cc1Cl)Nc1ccccc1C(=O)N1CCOCC1. The highest BCUT2D eigenvalue weighted by atomic mass is 79.9. The fourth-order valence-electron chi connectivity index (χ4n) is 2.64. The maximum atomic E-state index is 12.7. The van der Waals surface area contributed by atoms with Crippen LogP contribution in [0.2, 0.25) is 5.02 Å². The van der Waals surface area contributed by atoms with E-state index >= 15 is 0 Å². The number of ether oxygens (including phenoxy) is 2. The van der Waals surface area contributed by atoms with Gasteiger partial charge in [-0.05, 0) is 30.3 Å². The molecule has 0 aliphatic carbocycles. The highest BCUT2D eigenvalue weighted by Gasteiger charge is 2.21. The number of morpholine rings is 1. The van der Waals surface area contributed by atoms with E-state index in [1.165, 1.54) is 0 Å². The topological polar surface area (TPSA) is 67.9 Å². The molecule has 0 radical (unpaired) electrons. The van der Waals surface area contributed by atoms with Crippen molar-refractivity contribution in [2.24, 2.45) is 0 Å². The van der Waals surface area contributed by atoms with Crippen molar-refractivity contribution < 1.29 is 19.1 Å². The van der Waals surface area contributed by atoms with E-state index in [4.69, 9.17) is 21.1 Å². The Hall–Kier alpha value is -2.09. The molecule has 1 heterocycles. The number of rotatable bonds is 5. The number of para-hydroxylation sites is 1. The molecule has 1 fully saturated rings. The Kier molecular flexibility index (Phi) is 6.71. The number of hydrogen-bond donors (Lipinski definition) is 1. The molecule has 0 spiro atoms. The molecular formula is C19H18BrClN2O4. The summed E-state index contributed by atoms with van der Waals surface area (Å²) in [5, 5.41) is 3.14. The minimum Gasteiger partial charge on any atom is -0.482 e. The molecule has 142 valence electrons. The van der Waals surface area contributed by atoms with E-state index < -0.39 is 0 Å². The number of halogens is 2. The highest BCUT2D eigenvalue weighted by molar-refractivity contribution is 9.10. The number of anilines is 1. The van der Waals surface area contributed by atoms with Gasteiger partial charge in [-0.1, -0.05) is 39.7 Å². The first kappa shape index (κ1) is 19.7. The standard InChI is InChI=1S/C19H18BrClN2O4/c20-13-5-6-17(15(21)11-13)27-12-18(24)22-16-4-2-1-3-14(16)19(25)23-7-9-26-10-8-23/h1-6,11H,7-10,12H2,(H,22,24). The number of nitrogens with zero attached hydrogens (tertiary/aromatic N) is 1. The highest BCUT2D eigenvalue weighted by Crippen LogP contribution is 2.27. The summed E-state index contributed by atoms with van der Waals surface area (Å²) in [4.78, 5) is 26.7. The molecule has 1 N–H and O–H groups in total. The molecular weight excluding hydrogens is 436 g/mol. The van der Waals surface area contributed by atoms with E-state index in [1.54, 1.807) is 47.4 Å². The molecule has 1 aliphatic heterocycles. The number of nitrogens with one attached hydrogen (secondary N) is 1. The van der Waals surface area contributed by atoms with E-state index in [1.807, 2.05) is 0 Å². The first-order valence-corrected chi connectivity index (χ1v) is 9.55. The molecule has 2 aromatic rings. The van der Waals surface area contributed by atoms with Crippen LogP contribution in [0, 0.1) is 0 Å². The monoisotopic (exact) mass is 452 g/mol. The van der Waals surface area contributed by atoms with Gasteiger partial charge in [-0.15, -0.1) is 0 Å². The van der Waals surface area contributed by atoms with Crippen LogP contribution in [0.3, 0.4) is 0 Å². The zero-order valence-corrected chi connectivity index (χ0v) is 16.8. The van der Waals surface area contributed by atoms with Crippen molar-refractivity contribution in [1.29, 1.82) is 0 Å². The number of carbonyl (C=O) groups is 2. The molecule has 1 saturated heterocycles. The summed E-state index contributed by atoms with van der Waals surface area (Å²) in [7, 11) is 0. The smallest absolute Gasteiger partial charge is 0.262 e. The first-order valence-electron chi connectivity index (χ1n) is 8.38. The largest absolute Gasteiger partial charge is 0.482 e. The van der Waals surface area contributed by atoms with Crippen LogP contribution >= 0.6 is 27.5 Å². The number of benzene rings is 2. The molecule has 8 heteroatoms. The average molecular weight is 454 g/mol. The number of hydrogen-bond acceptors (Lipinski definition) is 4. The van der Waals surface area contributed by atoms with E-state index in [9.17, 15) is 9.59 Å². The molecule has 27 heavy (non-hydrogen) atoms. The van der Waals surface area contributed by atoms with E-state index in [-0.39, 0.29) is 18.4 Å². The predicted molar refractivity (Wildman–Crippen MR) is 106 cm³/mol. The minimum absolute atomic E-state index is 0.133. The van der Waals surface area contributed by atoms with Crippen molar-refractivity contribution >= 4 is 45.0 Å². The molecule has 0 aromatic heterocycles. The average Bonchev–Trinajstić information content (AvgIpc) is 2.68. The zero-order chi connectivity index (χ0) is 19.2. The molecule has 2 aromatic carbocycles. The third-order valence-electron chi connectivity index (χ3n) is 3.98. The van der Waals surface area contributed by atoms with Crippen LogP contribution in [0.1, 0.15) is 10.4 Å². The zero-order valence-electron chi connectivity index (χ0n) is 14.4. The van der Waals surface area contributed by atoms with E-state index in [0.29, 0.717) is 48.3 Å². The lowest BCUT2D eigenvalue weighted by atomic mass is 10.1. The van der Waals surface area contributed by atoms with Crippen LogP contribution in [0.5, 0.6) is 5.75 Å². The Morgan fingerprint density at radius 2 is 1.93 bits per heavy atom. The van der Waals surface area contributed by atoms with Gasteiger partial charge >= 0.3 is 0 Å². The van der Waals surface area contributed by atoms with Gasteiger partial charge in [0, 0.05) is 17.6 Å². The van der Waals surface area contributed by atoms with Crippen LogP contribution in [0.25, 0.3) is 0 Å². The van der Waals surface area contributed by atoms with Crippen molar-refractivity contribution in [3.05, 3.63) is 57.5 Å². The third kappa shape index (κ3) is 5.22. The Morgan fingerprint density at radius 1 is 1.19 bits per heavy atom. The molecule has 0 atom stereocenters. The van der Waals surface area contributed by atoms with Gasteiger partial charge in [0.2, 0.25) is 0 Å². The normalized spacial score (nSPS) is 13.9. The second kappa shape index (κ2) is 9.21. The summed E-state index contributed by atoms with van der Waals surface area (Å²) in [5.41, 5.74) is 0.888. The molecule has 0 bridgehead atoms. The Bertz CT molecular complexity index is 840. The van der Waals surface area contributed by atoms with Crippen molar-refractivity contribution in [2.45, 2.75) is 0 Å². The molecule has 0 unspecified atom stereocenters. The Balaban J connectivity index is 1.64. The fraction of sp³-hybridized carbons (Fsp3) is 0.263. The fourth-order valence-corrected chi connectivity index (χ4v) is 3.37.